The summed E-state index contributed by atoms with van der Waals surface area (Å²) < 4.78 is 6.86. The maximum absolute atomic E-state index is 5.73. The van der Waals surface area contributed by atoms with Gasteiger partial charge < -0.3 is 4.74 Å². The quantitative estimate of drug-likeness (QED) is 0.600. The Hall–Kier alpha value is -1.02. The van der Waals surface area contributed by atoms with Gasteiger partial charge in [0.1, 0.15) is 12.4 Å². The molecule has 0 N–H and O–H groups in total. The molecule has 1 rings (SSSR count). The second kappa shape index (κ2) is 10.9. The number of hydrogen-bond donors (Lipinski definition) is 0. The number of hydrogen-bond acceptors (Lipinski definition) is 1. The number of halogens is 1. The third kappa shape index (κ3) is 8.66. The predicted octanol–water partition coefficient (Wildman–Crippen LogP) is 6.04. The lowest BCUT2D eigenvalue weighted by Crippen LogP contribution is -2.00. The van der Waals surface area contributed by atoms with E-state index >= 15 is 0 Å². The Labute approximate surface area is 126 Å². The number of benzene rings is 1. The normalized spacial score (nSPS) is 11.7. The van der Waals surface area contributed by atoms with Crippen molar-refractivity contribution in [2.75, 3.05) is 6.61 Å². The van der Waals surface area contributed by atoms with E-state index in [-0.39, 0.29) is 0 Å². The molecule has 1 aromatic carbocycles. The molecule has 2 heteroatoms. The van der Waals surface area contributed by atoms with Crippen molar-refractivity contribution in [2.45, 2.75) is 41.0 Å². The van der Waals surface area contributed by atoms with Crippen molar-refractivity contribution < 1.29 is 4.74 Å². The molecule has 0 aliphatic carbocycles. The SMILES string of the molecule is CC.CC/C(=C\C=C(/C)Br)COc1ccc(C)cc1. The third-order valence-electron chi connectivity index (χ3n) is 2.45. The molecule has 106 valence electrons. The average Bonchev–Trinajstić information content (AvgIpc) is 2.43. The first kappa shape index (κ1) is 18.0. The minimum absolute atomic E-state index is 0.649. The first-order valence-electron chi connectivity index (χ1n) is 6.83. The minimum Gasteiger partial charge on any atom is -0.489 e. The van der Waals surface area contributed by atoms with E-state index in [1.165, 1.54) is 11.1 Å². The van der Waals surface area contributed by atoms with Crippen LogP contribution in [-0.2, 0) is 0 Å². The van der Waals surface area contributed by atoms with Gasteiger partial charge in [-0.15, -0.1) is 0 Å². The highest BCUT2D eigenvalue weighted by atomic mass is 79.9. The zero-order valence-corrected chi connectivity index (χ0v) is 14.3. The molecule has 0 heterocycles. The average molecular weight is 325 g/mol. The molecular formula is C17H25BrO. The molecule has 0 bridgehead atoms. The molecule has 0 fully saturated rings. The van der Waals surface area contributed by atoms with Gasteiger partial charge in [0.05, 0.1) is 0 Å². The van der Waals surface area contributed by atoms with E-state index in [1.54, 1.807) is 0 Å². The van der Waals surface area contributed by atoms with E-state index in [2.05, 4.69) is 54.1 Å². The van der Waals surface area contributed by atoms with E-state index in [0.717, 1.165) is 16.7 Å². The van der Waals surface area contributed by atoms with Crippen LogP contribution >= 0.6 is 15.9 Å². The summed E-state index contributed by atoms with van der Waals surface area (Å²) in [6.45, 7) is 10.9. The van der Waals surface area contributed by atoms with Gasteiger partial charge in [0, 0.05) is 0 Å². The minimum atomic E-state index is 0.649. The summed E-state index contributed by atoms with van der Waals surface area (Å²) in [5.41, 5.74) is 2.53. The van der Waals surface area contributed by atoms with Gasteiger partial charge in [-0.05, 0) is 42.5 Å². The largest absolute Gasteiger partial charge is 0.489 e. The van der Waals surface area contributed by atoms with E-state index in [1.807, 2.05) is 32.9 Å². The molecule has 0 amide bonds. The van der Waals surface area contributed by atoms with Gasteiger partial charge in [0.15, 0.2) is 0 Å². The summed E-state index contributed by atoms with van der Waals surface area (Å²) in [5.74, 6) is 0.925. The molecule has 0 atom stereocenters. The van der Waals surface area contributed by atoms with Gasteiger partial charge in [-0.1, -0.05) is 66.5 Å². The lowest BCUT2D eigenvalue weighted by molar-refractivity contribution is 0.348. The van der Waals surface area contributed by atoms with Crippen LogP contribution in [0.15, 0.2) is 46.5 Å². The molecule has 0 unspecified atom stereocenters. The van der Waals surface area contributed by atoms with Crippen LogP contribution in [-0.4, -0.2) is 6.61 Å². The molecular weight excluding hydrogens is 300 g/mol. The Kier molecular flexibility index (Phi) is 10.3. The monoisotopic (exact) mass is 324 g/mol. The molecule has 19 heavy (non-hydrogen) atoms. The summed E-state index contributed by atoms with van der Waals surface area (Å²) in [7, 11) is 0. The van der Waals surface area contributed by atoms with Crippen LogP contribution in [0.4, 0.5) is 0 Å². The zero-order chi connectivity index (χ0) is 14.7. The van der Waals surface area contributed by atoms with Gasteiger partial charge >= 0.3 is 0 Å². The van der Waals surface area contributed by atoms with Crippen molar-refractivity contribution in [3.05, 3.63) is 52.0 Å². The summed E-state index contributed by atoms with van der Waals surface area (Å²) in [4.78, 5) is 0. The third-order valence-corrected chi connectivity index (χ3v) is 2.71. The summed E-state index contributed by atoms with van der Waals surface area (Å²) in [5, 5.41) is 0. The Morgan fingerprint density at radius 3 is 2.21 bits per heavy atom. The number of allylic oxidation sites excluding steroid dienone is 3. The van der Waals surface area contributed by atoms with Gasteiger partial charge in [-0.25, -0.2) is 0 Å². The fourth-order valence-corrected chi connectivity index (χ4v) is 1.44. The van der Waals surface area contributed by atoms with E-state index < -0.39 is 0 Å². The Morgan fingerprint density at radius 1 is 1.16 bits per heavy atom. The number of aryl methyl sites for hydroxylation is 1. The fourth-order valence-electron chi connectivity index (χ4n) is 1.31. The predicted molar refractivity (Wildman–Crippen MR) is 89.1 cm³/mol. The van der Waals surface area contributed by atoms with Crippen LogP contribution in [0.1, 0.15) is 39.7 Å². The molecule has 0 aliphatic rings. The summed E-state index contributed by atoms with van der Waals surface area (Å²) >= 11 is 3.41. The van der Waals surface area contributed by atoms with Crippen LogP contribution in [0, 0.1) is 6.92 Å². The first-order chi connectivity index (χ1) is 9.11. The molecule has 1 aromatic rings. The Balaban J connectivity index is 0.00000154. The molecule has 0 aromatic heterocycles. The lowest BCUT2D eigenvalue weighted by Gasteiger charge is -2.08. The summed E-state index contributed by atoms with van der Waals surface area (Å²) in [6.07, 6.45) is 5.16. The van der Waals surface area contributed by atoms with Crippen molar-refractivity contribution >= 4 is 15.9 Å². The van der Waals surface area contributed by atoms with Crippen molar-refractivity contribution in [1.29, 1.82) is 0 Å². The second-order valence-electron chi connectivity index (χ2n) is 4.03. The fraction of sp³-hybridized carbons (Fsp3) is 0.412. The highest BCUT2D eigenvalue weighted by Gasteiger charge is 1.96. The van der Waals surface area contributed by atoms with E-state index in [0.29, 0.717) is 6.61 Å². The number of rotatable bonds is 5. The molecule has 0 radical (unpaired) electrons. The maximum atomic E-state index is 5.73. The zero-order valence-electron chi connectivity index (χ0n) is 12.7. The Morgan fingerprint density at radius 2 is 1.74 bits per heavy atom. The lowest BCUT2D eigenvalue weighted by atomic mass is 10.2. The number of ether oxygens (including phenoxy) is 1. The van der Waals surface area contributed by atoms with Crippen molar-refractivity contribution in [3.63, 3.8) is 0 Å². The van der Waals surface area contributed by atoms with E-state index in [4.69, 9.17) is 4.74 Å². The Bertz CT molecular complexity index is 398. The van der Waals surface area contributed by atoms with Crippen LogP contribution in [0.3, 0.4) is 0 Å². The van der Waals surface area contributed by atoms with Crippen molar-refractivity contribution in [3.8, 4) is 5.75 Å². The molecule has 0 aliphatic heterocycles. The topological polar surface area (TPSA) is 9.23 Å². The van der Waals surface area contributed by atoms with Gasteiger partial charge in [0.2, 0.25) is 0 Å². The highest BCUT2D eigenvalue weighted by molar-refractivity contribution is 9.11. The molecule has 0 spiro atoms. The second-order valence-corrected chi connectivity index (χ2v) is 5.28. The standard InChI is InChI=1S/C15H19BrO.C2H6/c1-4-14(8-7-13(3)16)11-17-15-9-5-12(2)6-10-15;1-2/h5-10H,4,11H2,1-3H3;1-2H3/b13-7+,14-8+;. The van der Waals surface area contributed by atoms with E-state index in [9.17, 15) is 0 Å². The first-order valence-corrected chi connectivity index (χ1v) is 7.62. The summed E-state index contributed by atoms with van der Waals surface area (Å²) in [6, 6.07) is 8.14. The van der Waals surface area contributed by atoms with Gasteiger partial charge in [-0.3, -0.25) is 0 Å². The van der Waals surface area contributed by atoms with Crippen molar-refractivity contribution in [1.82, 2.24) is 0 Å². The van der Waals surface area contributed by atoms with Crippen molar-refractivity contribution in [2.24, 2.45) is 0 Å². The highest BCUT2D eigenvalue weighted by Crippen LogP contribution is 2.14. The van der Waals surface area contributed by atoms with Crippen LogP contribution < -0.4 is 4.74 Å². The van der Waals surface area contributed by atoms with Crippen LogP contribution in [0.2, 0.25) is 0 Å². The maximum Gasteiger partial charge on any atom is 0.119 e. The van der Waals surface area contributed by atoms with Crippen LogP contribution in [0.25, 0.3) is 0 Å². The molecule has 1 nitrogen and oxygen atoms in total. The van der Waals surface area contributed by atoms with Gasteiger partial charge in [-0.2, -0.15) is 0 Å². The smallest absolute Gasteiger partial charge is 0.119 e. The van der Waals surface area contributed by atoms with Crippen LogP contribution in [0.5, 0.6) is 5.75 Å². The molecule has 0 saturated heterocycles. The molecule has 0 saturated carbocycles. The van der Waals surface area contributed by atoms with Gasteiger partial charge in [0.25, 0.3) is 0 Å².